The molecule has 1 heterocycles. The van der Waals surface area contributed by atoms with Crippen molar-refractivity contribution in [1.82, 2.24) is 10.2 Å². The molecule has 1 fully saturated rings. The summed E-state index contributed by atoms with van der Waals surface area (Å²) in [6.45, 7) is 2.21. The molecule has 5 heteroatoms. The molecule has 1 aromatic rings. The molecule has 1 saturated carbocycles. The number of benzene rings is 1. The molecule has 0 spiro atoms. The molecule has 1 atom stereocenters. The van der Waals surface area contributed by atoms with Gasteiger partial charge in [0.25, 0.3) is 0 Å². The van der Waals surface area contributed by atoms with Crippen molar-refractivity contribution in [3.8, 4) is 0 Å². The fourth-order valence-electron chi connectivity index (χ4n) is 2.21. The van der Waals surface area contributed by atoms with Crippen LogP contribution in [0.4, 0.5) is 10.5 Å². The van der Waals surface area contributed by atoms with E-state index in [0.29, 0.717) is 12.6 Å². The van der Waals surface area contributed by atoms with Crippen LogP contribution in [0.15, 0.2) is 24.3 Å². The maximum absolute atomic E-state index is 12.2. The molecule has 0 radical (unpaired) electrons. The third-order valence-corrected chi connectivity index (χ3v) is 3.63. The van der Waals surface area contributed by atoms with E-state index in [1.54, 1.807) is 11.8 Å². The number of rotatable bonds is 1. The molecule has 2 N–H and O–H groups in total. The van der Waals surface area contributed by atoms with Crippen LogP contribution in [0.1, 0.15) is 25.3 Å². The quantitative estimate of drug-likeness (QED) is 0.806. The molecule has 1 unspecified atom stereocenters. The standard InChI is InChI=1S/C14H17N3O2/c1-9-13(18)16-12-5-3-2-4-10(12)8-17(9)14(19)15-11-6-7-11/h2-5,9,11H,6-8H2,1H3,(H,15,19)(H,16,18). The van der Waals surface area contributed by atoms with Gasteiger partial charge in [-0.3, -0.25) is 4.79 Å². The molecule has 3 amide bonds. The first-order valence-electron chi connectivity index (χ1n) is 6.61. The zero-order valence-electron chi connectivity index (χ0n) is 10.8. The Morgan fingerprint density at radius 2 is 2.11 bits per heavy atom. The van der Waals surface area contributed by atoms with Gasteiger partial charge < -0.3 is 15.5 Å². The minimum absolute atomic E-state index is 0.143. The highest BCUT2D eigenvalue weighted by Gasteiger charge is 2.33. The van der Waals surface area contributed by atoms with Gasteiger partial charge in [-0.05, 0) is 31.4 Å². The van der Waals surface area contributed by atoms with Crippen molar-refractivity contribution in [2.24, 2.45) is 0 Å². The molecular weight excluding hydrogens is 242 g/mol. The zero-order valence-corrected chi connectivity index (χ0v) is 10.8. The summed E-state index contributed by atoms with van der Waals surface area (Å²) < 4.78 is 0. The fraction of sp³-hybridized carbons (Fsp3) is 0.429. The van der Waals surface area contributed by atoms with Crippen molar-refractivity contribution < 1.29 is 9.59 Å². The summed E-state index contributed by atoms with van der Waals surface area (Å²) in [4.78, 5) is 25.9. The Balaban J connectivity index is 1.86. The second-order valence-electron chi connectivity index (χ2n) is 5.17. The number of fused-ring (bicyclic) bond motifs is 1. The number of anilines is 1. The van der Waals surface area contributed by atoms with E-state index in [2.05, 4.69) is 10.6 Å². The number of carbonyl (C=O) groups excluding carboxylic acids is 2. The summed E-state index contributed by atoms with van der Waals surface area (Å²) in [6, 6.07) is 7.27. The summed E-state index contributed by atoms with van der Waals surface area (Å²) in [6.07, 6.45) is 2.08. The van der Waals surface area contributed by atoms with E-state index in [9.17, 15) is 9.59 Å². The van der Waals surface area contributed by atoms with E-state index >= 15 is 0 Å². The van der Waals surface area contributed by atoms with Gasteiger partial charge in [-0.2, -0.15) is 0 Å². The van der Waals surface area contributed by atoms with Gasteiger partial charge >= 0.3 is 6.03 Å². The van der Waals surface area contributed by atoms with Gasteiger partial charge in [0.15, 0.2) is 0 Å². The molecule has 2 aliphatic rings. The molecule has 1 aromatic carbocycles. The fourth-order valence-corrected chi connectivity index (χ4v) is 2.21. The van der Waals surface area contributed by atoms with Crippen molar-refractivity contribution >= 4 is 17.6 Å². The number of hydrogen-bond donors (Lipinski definition) is 2. The summed E-state index contributed by atoms with van der Waals surface area (Å²) in [5, 5.41) is 5.81. The van der Waals surface area contributed by atoms with Crippen molar-refractivity contribution in [2.45, 2.75) is 38.4 Å². The predicted molar refractivity (Wildman–Crippen MR) is 71.6 cm³/mol. The van der Waals surface area contributed by atoms with Gasteiger partial charge in [0.2, 0.25) is 5.91 Å². The second kappa shape index (κ2) is 4.57. The first-order chi connectivity index (χ1) is 9.15. The third-order valence-electron chi connectivity index (χ3n) is 3.63. The molecule has 5 nitrogen and oxygen atoms in total. The van der Waals surface area contributed by atoms with E-state index in [0.717, 1.165) is 24.1 Å². The average Bonchev–Trinajstić information content (AvgIpc) is 3.20. The average molecular weight is 259 g/mol. The van der Waals surface area contributed by atoms with Gasteiger partial charge in [0.05, 0.1) is 6.54 Å². The molecule has 19 heavy (non-hydrogen) atoms. The summed E-state index contributed by atoms with van der Waals surface area (Å²) in [5.41, 5.74) is 1.76. The van der Waals surface area contributed by atoms with Gasteiger partial charge in [-0.15, -0.1) is 0 Å². The topological polar surface area (TPSA) is 61.4 Å². The predicted octanol–water partition coefficient (Wildman–Crippen LogP) is 1.70. The summed E-state index contributed by atoms with van der Waals surface area (Å²) in [5.74, 6) is -0.143. The van der Waals surface area contributed by atoms with Crippen LogP contribution in [-0.2, 0) is 11.3 Å². The Kier molecular flexibility index (Phi) is 2.89. The summed E-state index contributed by atoms with van der Waals surface area (Å²) >= 11 is 0. The Morgan fingerprint density at radius 3 is 2.84 bits per heavy atom. The van der Waals surface area contributed by atoms with Crippen molar-refractivity contribution in [3.63, 3.8) is 0 Å². The molecule has 0 aromatic heterocycles. The maximum atomic E-state index is 12.2. The molecule has 0 saturated heterocycles. The Hall–Kier alpha value is -2.04. The lowest BCUT2D eigenvalue weighted by Crippen LogP contribution is -2.48. The molecule has 1 aliphatic carbocycles. The first-order valence-corrected chi connectivity index (χ1v) is 6.61. The van der Waals surface area contributed by atoms with Crippen LogP contribution in [0.5, 0.6) is 0 Å². The Bertz CT molecular complexity index is 525. The molecule has 3 rings (SSSR count). The van der Waals surface area contributed by atoms with E-state index in [-0.39, 0.29) is 11.9 Å². The highest BCUT2D eigenvalue weighted by molar-refractivity contribution is 5.98. The van der Waals surface area contributed by atoms with Crippen LogP contribution in [0.2, 0.25) is 0 Å². The molecule has 1 aliphatic heterocycles. The SMILES string of the molecule is CC1C(=O)Nc2ccccc2CN1C(=O)NC1CC1. The second-order valence-corrected chi connectivity index (χ2v) is 5.17. The van der Waals surface area contributed by atoms with Crippen LogP contribution >= 0.6 is 0 Å². The van der Waals surface area contributed by atoms with Crippen LogP contribution < -0.4 is 10.6 Å². The lowest BCUT2D eigenvalue weighted by Gasteiger charge is -2.26. The van der Waals surface area contributed by atoms with Gasteiger partial charge in [-0.25, -0.2) is 4.79 Å². The lowest BCUT2D eigenvalue weighted by molar-refractivity contribution is -0.119. The monoisotopic (exact) mass is 259 g/mol. The van der Waals surface area contributed by atoms with Crippen LogP contribution in [0, 0.1) is 0 Å². The van der Waals surface area contributed by atoms with Crippen molar-refractivity contribution in [1.29, 1.82) is 0 Å². The normalized spacial score (nSPS) is 22.3. The Morgan fingerprint density at radius 1 is 1.37 bits per heavy atom. The maximum Gasteiger partial charge on any atom is 0.318 e. The highest BCUT2D eigenvalue weighted by atomic mass is 16.2. The highest BCUT2D eigenvalue weighted by Crippen LogP contribution is 2.24. The zero-order chi connectivity index (χ0) is 13.4. The van der Waals surface area contributed by atoms with Gasteiger partial charge in [0.1, 0.15) is 6.04 Å². The van der Waals surface area contributed by atoms with E-state index in [1.807, 2.05) is 24.3 Å². The number of hydrogen-bond acceptors (Lipinski definition) is 2. The lowest BCUT2D eigenvalue weighted by atomic mass is 10.2. The number of urea groups is 1. The third kappa shape index (κ3) is 2.41. The van der Waals surface area contributed by atoms with Crippen LogP contribution in [0.25, 0.3) is 0 Å². The minimum atomic E-state index is -0.467. The Labute approximate surface area is 112 Å². The van der Waals surface area contributed by atoms with Crippen LogP contribution in [-0.4, -0.2) is 28.9 Å². The van der Waals surface area contributed by atoms with E-state index in [4.69, 9.17) is 0 Å². The number of para-hydroxylation sites is 1. The van der Waals surface area contributed by atoms with E-state index in [1.165, 1.54) is 0 Å². The van der Waals surface area contributed by atoms with Crippen molar-refractivity contribution in [2.75, 3.05) is 5.32 Å². The molecule has 0 bridgehead atoms. The van der Waals surface area contributed by atoms with E-state index < -0.39 is 6.04 Å². The minimum Gasteiger partial charge on any atom is -0.335 e. The van der Waals surface area contributed by atoms with Crippen LogP contribution in [0.3, 0.4) is 0 Å². The first kappa shape index (κ1) is 12.0. The number of carbonyl (C=O) groups is 2. The van der Waals surface area contributed by atoms with Crippen molar-refractivity contribution in [3.05, 3.63) is 29.8 Å². The molecular formula is C14H17N3O2. The number of nitrogens with zero attached hydrogens (tertiary/aromatic N) is 1. The number of nitrogens with one attached hydrogen (secondary N) is 2. The van der Waals surface area contributed by atoms with Gasteiger partial charge in [-0.1, -0.05) is 18.2 Å². The van der Waals surface area contributed by atoms with Gasteiger partial charge in [0, 0.05) is 11.7 Å². The smallest absolute Gasteiger partial charge is 0.318 e. The molecule has 100 valence electrons. The summed E-state index contributed by atoms with van der Waals surface area (Å²) in [7, 11) is 0. The largest absolute Gasteiger partial charge is 0.335 e. The number of amides is 3.